The predicted molar refractivity (Wildman–Crippen MR) is 96.8 cm³/mol. The summed E-state index contributed by atoms with van der Waals surface area (Å²) in [6, 6.07) is 4.26. The van der Waals surface area contributed by atoms with Crippen LogP contribution in [0.2, 0.25) is 0 Å². The quantitative estimate of drug-likeness (QED) is 0.339. The average molecular weight is 386 g/mol. The third kappa shape index (κ3) is 4.76. The summed E-state index contributed by atoms with van der Waals surface area (Å²) in [5, 5.41) is 0.285. The normalized spacial score (nSPS) is 11.6. The molecular weight excluding hydrogens is 366 g/mol. The van der Waals surface area contributed by atoms with Crippen LogP contribution in [-0.2, 0) is 24.5 Å². The summed E-state index contributed by atoms with van der Waals surface area (Å²) in [5.74, 6) is -1.01. The van der Waals surface area contributed by atoms with Crippen molar-refractivity contribution in [3.05, 3.63) is 47.1 Å². The minimum Gasteiger partial charge on any atom is -0.457 e. The molecule has 0 amide bonds. The number of fused-ring (bicyclic) bond motifs is 1. The summed E-state index contributed by atoms with van der Waals surface area (Å²) in [6.45, 7) is 7.49. The average Bonchev–Trinajstić information content (AvgIpc) is 3.02. The van der Waals surface area contributed by atoms with Gasteiger partial charge in [-0.3, -0.25) is 4.57 Å². The molecule has 0 spiro atoms. The monoisotopic (exact) mass is 386 g/mol. The van der Waals surface area contributed by atoms with Crippen LogP contribution < -0.4 is 0 Å². The molecule has 25 heavy (non-hydrogen) atoms. The van der Waals surface area contributed by atoms with Crippen LogP contribution in [0, 0.1) is 5.82 Å². The summed E-state index contributed by atoms with van der Waals surface area (Å²) in [6.07, 6.45) is 1.46. The van der Waals surface area contributed by atoms with Crippen LogP contribution >= 0.6 is 18.9 Å². The number of thiophene rings is 1. The summed E-state index contributed by atoms with van der Waals surface area (Å²) < 4.78 is 43.0. The first-order valence-corrected chi connectivity index (χ1v) is 10.4. The van der Waals surface area contributed by atoms with Gasteiger partial charge in [0.2, 0.25) is 0 Å². The van der Waals surface area contributed by atoms with E-state index in [1.807, 2.05) is 0 Å². The van der Waals surface area contributed by atoms with Crippen molar-refractivity contribution in [1.29, 1.82) is 0 Å². The zero-order valence-electron chi connectivity index (χ0n) is 14.1. The molecule has 2 rings (SSSR count). The van der Waals surface area contributed by atoms with Crippen LogP contribution in [0.15, 0.2) is 30.9 Å². The first kappa shape index (κ1) is 19.8. The molecule has 8 heteroatoms. The number of rotatable bonds is 9. The maximum Gasteiger partial charge on any atom is 0.348 e. The number of hydrogen-bond acceptors (Lipinski definition) is 6. The van der Waals surface area contributed by atoms with Crippen LogP contribution in [0.1, 0.15) is 29.1 Å². The largest absolute Gasteiger partial charge is 0.457 e. The van der Waals surface area contributed by atoms with E-state index in [-0.39, 0.29) is 36.2 Å². The molecule has 2 aromatic rings. The zero-order chi connectivity index (χ0) is 18.4. The Kier molecular flexibility index (Phi) is 6.90. The van der Waals surface area contributed by atoms with E-state index in [0.29, 0.717) is 10.3 Å². The SMILES string of the molecule is C=CCOC(=O)c1cc2c(F)ccc(CP(=O)(OCC)OCC)c2s1. The number of benzene rings is 1. The van der Waals surface area contributed by atoms with Crippen molar-refractivity contribution in [3.8, 4) is 0 Å². The molecule has 0 aliphatic carbocycles. The Balaban J connectivity index is 2.42. The molecule has 0 bridgehead atoms. The van der Waals surface area contributed by atoms with Gasteiger partial charge in [-0.25, -0.2) is 9.18 Å². The van der Waals surface area contributed by atoms with Crippen molar-refractivity contribution in [3.63, 3.8) is 0 Å². The summed E-state index contributed by atoms with van der Waals surface area (Å²) in [5.41, 5.74) is 0.606. The van der Waals surface area contributed by atoms with E-state index >= 15 is 0 Å². The standard InChI is InChI=1S/C17H20FO5PS/c1-4-9-21-17(19)15-10-13-14(18)8-7-12(16(13)25-15)11-24(20,22-5-2)23-6-3/h4,7-8,10H,1,5-6,9,11H2,2-3H3. The van der Waals surface area contributed by atoms with Gasteiger partial charge in [0.15, 0.2) is 0 Å². The molecule has 1 heterocycles. The van der Waals surface area contributed by atoms with Gasteiger partial charge in [0.25, 0.3) is 0 Å². The van der Waals surface area contributed by atoms with Crippen LogP contribution in [0.25, 0.3) is 10.1 Å². The minimum absolute atomic E-state index is 0.00706. The van der Waals surface area contributed by atoms with E-state index in [1.54, 1.807) is 13.8 Å². The van der Waals surface area contributed by atoms with E-state index in [2.05, 4.69) is 6.58 Å². The maximum absolute atomic E-state index is 14.1. The molecule has 0 fully saturated rings. The molecule has 136 valence electrons. The van der Waals surface area contributed by atoms with Gasteiger partial charge in [-0.05, 0) is 31.5 Å². The predicted octanol–water partition coefficient (Wildman–Crippen LogP) is 5.15. The molecule has 0 N–H and O–H groups in total. The highest BCUT2D eigenvalue weighted by Gasteiger charge is 2.26. The zero-order valence-corrected chi connectivity index (χ0v) is 15.8. The lowest BCUT2D eigenvalue weighted by atomic mass is 10.2. The third-order valence-electron chi connectivity index (χ3n) is 3.26. The Labute approximate surface area is 149 Å². The topological polar surface area (TPSA) is 61.8 Å². The third-order valence-corrected chi connectivity index (χ3v) is 6.48. The highest BCUT2D eigenvalue weighted by atomic mass is 32.1. The van der Waals surface area contributed by atoms with Gasteiger partial charge in [-0.15, -0.1) is 11.3 Å². The van der Waals surface area contributed by atoms with Gasteiger partial charge in [-0.1, -0.05) is 18.7 Å². The molecular formula is C17H20FO5PS. The number of ether oxygens (including phenoxy) is 1. The van der Waals surface area contributed by atoms with Crippen molar-refractivity contribution >= 4 is 35.0 Å². The smallest absolute Gasteiger partial charge is 0.348 e. The Bertz CT molecular complexity index is 807. The van der Waals surface area contributed by atoms with E-state index in [0.717, 1.165) is 11.3 Å². The fourth-order valence-corrected chi connectivity index (χ4v) is 5.22. The molecule has 1 aromatic carbocycles. The van der Waals surface area contributed by atoms with Crippen LogP contribution in [0.5, 0.6) is 0 Å². The summed E-state index contributed by atoms with van der Waals surface area (Å²) in [7, 11) is -3.34. The Morgan fingerprint density at radius 1 is 1.32 bits per heavy atom. The van der Waals surface area contributed by atoms with Gasteiger partial charge < -0.3 is 13.8 Å². The fourth-order valence-electron chi connectivity index (χ4n) is 2.31. The molecule has 0 saturated heterocycles. The Morgan fingerprint density at radius 2 is 2.00 bits per heavy atom. The second-order valence-corrected chi connectivity index (χ2v) is 8.16. The van der Waals surface area contributed by atoms with E-state index < -0.39 is 19.4 Å². The lowest BCUT2D eigenvalue weighted by Gasteiger charge is -2.17. The molecule has 0 radical (unpaired) electrons. The Morgan fingerprint density at radius 3 is 2.60 bits per heavy atom. The molecule has 0 saturated carbocycles. The number of carbonyl (C=O) groups is 1. The van der Waals surface area contributed by atoms with E-state index in [4.69, 9.17) is 13.8 Å². The van der Waals surface area contributed by atoms with Crippen LogP contribution in [-0.4, -0.2) is 25.8 Å². The highest BCUT2D eigenvalue weighted by molar-refractivity contribution is 7.53. The molecule has 1 aromatic heterocycles. The molecule has 0 atom stereocenters. The number of esters is 1. The summed E-state index contributed by atoms with van der Waals surface area (Å²) in [4.78, 5) is 12.3. The Hall–Kier alpha value is -1.53. The number of carbonyl (C=O) groups excluding carboxylic acids is 1. The van der Waals surface area contributed by atoms with Gasteiger partial charge in [-0.2, -0.15) is 0 Å². The number of halogens is 1. The van der Waals surface area contributed by atoms with E-state index in [1.165, 1.54) is 24.3 Å². The van der Waals surface area contributed by atoms with Gasteiger partial charge in [0.05, 0.1) is 19.4 Å². The second-order valence-electron chi connectivity index (χ2n) is 5.05. The van der Waals surface area contributed by atoms with E-state index in [9.17, 15) is 13.8 Å². The fraction of sp³-hybridized carbons (Fsp3) is 0.353. The molecule has 0 unspecified atom stereocenters. The van der Waals surface area contributed by atoms with Crippen molar-refractivity contribution < 1.29 is 27.5 Å². The van der Waals surface area contributed by atoms with Gasteiger partial charge in [0, 0.05) is 10.1 Å². The van der Waals surface area contributed by atoms with Crippen molar-refractivity contribution in [1.82, 2.24) is 0 Å². The van der Waals surface area contributed by atoms with Crippen LogP contribution in [0.3, 0.4) is 0 Å². The second kappa shape index (κ2) is 8.72. The first-order chi connectivity index (χ1) is 11.9. The molecule has 5 nitrogen and oxygen atoms in total. The van der Waals surface area contributed by atoms with Crippen molar-refractivity contribution in [2.45, 2.75) is 20.0 Å². The van der Waals surface area contributed by atoms with Crippen molar-refractivity contribution in [2.75, 3.05) is 19.8 Å². The maximum atomic E-state index is 14.1. The lowest BCUT2D eigenvalue weighted by Crippen LogP contribution is -2.02. The molecule has 0 aliphatic heterocycles. The highest BCUT2D eigenvalue weighted by Crippen LogP contribution is 2.52. The van der Waals surface area contributed by atoms with Gasteiger partial charge >= 0.3 is 13.6 Å². The first-order valence-electron chi connectivity index (χ1n) is 7.81. The minimum atomic E-state index is -3.34. The number of hydrogen-bond donors (Lipinski definition) is 0. The van der Waals surface area contributed by atoms with Crippen molar-refractivity contribution in [2.24, 2.45) is 0 Å². The lowest BCUT2D eigenvalue weighted by molar-refractivity contribution is 0.0555. The summed E-state index contributed by atoms with van der Waals surface area (Å²) >= 11 is 1.09. The van der Waals surface area contributed by atoms with Crippen LogP contribution in [0.4, 0.5) is 4.39 Å². The molecule has 0 aliphatic rings. The van der Waals surface area contributed by atoms with Gasteiger partial charge in [0.1, 0.15) is 17.3 Å².